The van der Waals surface area contributed by atoms with E-state index in [1.165, 1.54) is 5.56 Å². The van der Waals surface area contributed by atoms with Crippen molar-refractivity contribution in [2.24, 2.45) is 0 Å². The molecule has 0 saturated heterocycles. The molecule has 0 fully saturated rings. The van der Waals surface area contributed by atoms with Gasteiger partial charge in [-0.05, 0) is 37.0 Å². The van der Waals surface area contributed by atoms with Gasteiger partial charge in [-0.3, -0.25) is 4.79 Å². The van der Waals surface area contributed by atoms with E-state index in [1.54, 1.807) is 7.11 Å². The van der Waals surface area contributed by atoms with Crippen LogP contribution in [0.25, 0.3) is 0 Å². The molecule has 1 amide bonds. The van der Waals surface area contributed by atoms with Crippen LogP contribution in [0.15, 0.2) is 24.3 Å². The van der Waals surface area contributed by atoms with E-state index < -0.39 is 0 Å². The summed E-state index contributed by atoms with van der Waals surface area (Å²) in [7, 11) is 1.65. The average Bonchev–Trinajstić information content (AvgIpc) is 2.38. The number of benzene rings is 1. The molecule has 1 aromatic rings. The Morgan fingerprint density at radius 3 is 2.24 bits per heavy atom. The standard InChI is InChI=1S/C17H28N2O2/c1-12(11-21-6)18-13(2)16(20)19-15-9-7-14(8-10-15)17(3,4)5/h7-10,12-13,18H,11H2,1-6H3,(H,19,20)/t12-,13-/m1/s1. The van der Waals surface area contributed by atoms with Crippen LogP contribution in [0.1, 0.15) is 40.2 Å². The molecule has 0 aliphatic heterocycles. The van der Waals surface area contributed by atoms with Gasteiger partial charge in [0.25, 0.3) is 0 Å². The van der Waals surface area contributed by atoms with Gasteiger partial charge in [-0.15, -0.1) is 0 Å². The maximum atomic E-state index is 12.1. The summed E-state index contributed by atoms with van der Waals surface area (Å²) in [5, 5.41) is 6.12. The van der Waals surface area contributed by atoms with Crippen LogP contribution in [0.2, 0.25) is 0 Å². The average molecular weight is 292 g/mol. The first kappa shape index (κ1) is 17.7. The Labute approximate surface area is 128 Å². The van der Waals surface area contributed by atoms with Gasteiger partial charge in [-0.25, -0.2) is 0 Å². The quantitative estimate of drug-likeness (QED) is 0.847. The minimum atomic E-state index is -0.266. The van der Waals surface area contributed by atoms with Crippen LogP contribution >= 0.6 is 0 Å². The van der Waals surface area contributed by atoms with Crippen molar-refractivity contribution in [3.8, 4) is 0 Å². The summed E-state index contributed by atoms with van der Waals surface area (Å²) >= 11 is 0. The molecule has 0 bridgehead atoms. The molecular formula is C17H28N2O2. The zero-order valence-corrected chi connectivity index (χ0v) is 14.0. The summed E-state index contributed by atoms with van der Waals surface area (Å²) in [4.78, 5) is 12.1. The van der Waals surface area contributed by atoms with E-state index in [0.717, 1.165) is 5.69 Å². The van der Waals surface area contributed by atoms with Gasteiger partial charge >= 0.3 is 0 Å². The van der Waals surface area contributed by atoms with E-state index in [4.69, 9.17) is 4.74 Å². The van der Waals surface area contributed by atoms with Crippen LogP contribution in [-0.4, -0.2) is 31.7 Å². The summed E-state index contributed by atoms with van der Waals surface area (Å²) in [6.45, 7) is 10.9. The second-order valence-electron chi connectivity index (χ2n) is 6.56. The molecule has 0 spiro atoms. The summed E-state index contributed by atoms with van der Waals surface area (Å²) in [5.41, 5.74) is 2.19. The number of methoxy groups -OCH3 is 1. The Kier molecular flexibility index (Phi) is 6.37. The normalized spacial score (nSPS) is 14.6. The molecule has 118 valence electrons. The summed E-state index contributed by atoms with van der Waals surface area (Å²) in [6, 6.07) is 7.88. The third kappa shape index (κ3) is 5.86. The van der Waals surface area contributed by atoms with Crippen LogP contribution in [0.5, 0.6) is 0 Å². The van der Waals surface area contributed by atoms with Crippen molar-refractivity contribution in [1.29, 1.82) is 0 Å². The predicted molar refractivity (Wildman–Crippen MR) is 87.7 cm³/mol. The highest BCUT2D eigenvalue weighted by Gasteiger charge is 2.16. The predicted octanol–water partition coefficient (Wildman–Crippen LogP) is 2.94. The zero-order chi connectivity index (χ0) is 16.0. The molecule has 0 radical (unpaired) electrons. The van der Waals surface area contributed by atoms with Gasteiger partial charge in [0.1, 0.15) is 0 Å². The van der Waals surface area contributed by atoms with Gasteiger partial charge in [0, 0.05) is 18.8 Å². The number of carbonyl (C=O) groups is 1. The molecule has 1 aromatic carbocycles. The number of carbonyl (C=O) groups excluding carboxylic acids is 1. The molecule has 4 heteroatoms. The number of ether oxygens (including phenoxy) is 1. The smallest absolute Gasteiger partial charge is 0.241 e. The first-order chi connectivity index (χ1) is 9.74. The fraction of sp³-hybridized carbons (Fsp3) is 0.588. The van der Waals surface area contributed by atoms with E-state index in [9.17, 15) is 4.79 Å². The third-order valence-electron chi connectivity index (χ3n) is 3.36. The van der Waals surface area contributed by atoms with Crippen molar-refractivity contribution in [2.75, 3.05) is 19.0 Å². The minimum Gasteiger partial charge on any atom is -0.383 e. The maximum absolute atomic E-state index is 12.1. The lowest BCUT2D eigenvalue weighted by molar-refractivity contribution is -0.118. The monoisotopic (exact) mass is 292 g/mol. The van der Waals surface area contributed by atoms with Crippen LogP contribution < -0.4 is 10.6 Å². The summed E-state index contributed by atoms with van der Waals surface area (Å²) in [6.07, 6.45) is 0. The molecule has 0 aromatic heterocycles. The maximum Gasteiger partial charge on any atom is 0.241 e. The molecule has 21 heavy (non-hydrogen) atoms. The highest BCUT2D eigenvalue weighted by molar-refractivity contribution is 5.94. The number of hydrogen-bond acceptors (Lipinski definition) is 3. The van der Waals surface area contributed by atoms with Gasteiger partial charge in [0.05, 0.1) is 12.6 Å². The van der Waals surface area contributed by atoms with E-state index >= 15 is 0 Å². The Balaban J connectivity index is 2.58. The number of amides is 1. The van der Waals surface area contributed by atoms with E-state index in [2.05, 4.69) is 43.5 Å². The Bertz CT molecular complexity index is 449. The molecule has 1 rings (SSSR count). The van der Waals surface area contributed by atoms with Crippen molar-refractivity contribution in [1.82, 2.24) is 5.32 Å². The first-order valence-corrected chi connectivity index (χ1v) is 7.40. The largest absolute Gasteiger partial charge is 0.383 e. The second-order valence-corrected chi connectivity index (χ2v) is 6.56. The van der Waals surface area contributed by atoms with Crippen molar-refractivity contribution in [2.45, 2.75) is 52.1 Å². The Morgan fingerprint density at radius 1 is 1.19 bits per heavy atom. The fourth-order valence-corrected chi connectivity index (χ4v) is 2.10. The molecule has 0 saturated carbocycles. The molecule has 4 nitrogen and oxygen atoms in total. The molecule has 2 atom stereocenters. The van der Waals surface area contributed by atoms with E-state index in [0.29, 0.717) is 6.61 Å². The summed E-state index contributed by atoms with van der Waals surface area (Å²) in [5.74, 6) is -0.0403. The van der Waals surface area contributed by atoms with Gasteiger partial charge < -0.3 is 15.4 Å². The molecule has 0 heterocycles. The lowest BCUT2D eigenvalue weighted by Crippen LogP contribution is -2.44. The topological polar surface area (TPSA) is 50.4 Å². The van der Waals surface area contributed by atoms with Gasteiger partial charge in [0.15, 0.2) is 0 Å². The molecule has 0 aliphatic rings. The van der Waals surface area contributed by atoms with E-state index in [1.807, 2.05) is 26.0 Å². The van der Waals surface area contributed by atoms with Crippen molar-refractivity contribution < 1.29 is 9.53 Å². The highest BCUT2D eigenvalue weighted by atomic mass is 16.5. The van der Waals surface area contributed by atoms with Crippen molar-refractivity contribution in [3.63, 3.8) is 0 Å². The number of rotatable bonds is 6. The summed E-state index contributed by atoms with van der Waals surface area (Å²) < 4.78 is 5.05. The molecule has 0 unspecified atom stereocenters. The third-order valence-corrected chi connectivity index (χ3v) is 3.36. The van der Waals surface area contributed by atoms with Crippen molar-refractivity contribution >= 4 is 11.6 Å². The zero-order valence-electron chi connectivity index (χ0n) is 14.0. The first-order valence-electron chi connectivity index (χ1n) is 7.40. The van der Waals surface area contributed by atoms with Crippen molar-refractivity contribution in [3.05, 3.63) is 29.8 Å². The minimum absolute atomic E-state index is 0.0403. The van der Waals surface area contributed by atoms with Gasteiger partial charge in [0.2, 0.25) is 5.91 Å². The SMILES string of the molecule is COC[C@@H](C)N[C@H](C)C(=O)Nc1ccc(C(C)(C)C)cc1. The fourth-order valence-electron chi connectivity index (χ4n) is 2.10. The van der Waals surface area contributed by atoms with E-state index in [-0.39, 0.29) is 23.4 Å². The lowest BCUT2D eigenvalue weighted by atomic mass is 9.87. The highest BCUT2D eigenvalue weighted by Crippen LogP contribution is 2.23. The lowest BCUT2D eigenvalue weighted by Gasteiger charge is -2.20. The Morgan fingerprint density at radius 2 is 1.76 bits per heavy atom. The van der Waals surface area contributed by atoms with Crippen LogP contribution in [-0.2, 0) is 14.9 Å². The molecule has 2 N–H and O–H groups in total. The Hall–Kier alpha value is -1.39. The molecule has 0 aliphatic carbocycles. The van der Waals surface area contributed by atoms with Crippen LogP contribution in [0.3, 0.4) is 0 Å². The second kappa shape index (κ2) is 7.57. The van der Waals surface area contributed by atoms with Gasteiger partial charge in [-0.2, -0.15) is 0 Å². The number of nitrogens with one attached hydrogen (secondary N) is 2. The van der Waals surface area contributed by atoms with Crippen LogP contribution in [0, 0.1) is 0 Å². The number of hydrogen-bond donors (Lipinski definition) is 2. The van der Waals surface area contributed by atoms with Gasteiger partial charge in [-0.1, -0.05) is 32.9 Å². The number of anilines is 1. The van der Waals surface area contributed by atoms with Crippen LogP contribution in [0.4, 0.5) is 5.69 Å². The molecular weight excluding hydrogens is 264 g/mol.